The van der Waals surface area contributed by atoms with Gasteiger partial charge in [0.05, 0.1) is 5.69 Å². The Morgan fingerprint density at radius 2 is 2.00 bits per heavy atom. The van der Waals surface area contributed by atoms with Crippen LogP contribution in [0, 0.1) is 6.92 Å². The highest BCUT2D eigenvalue weighted by Gasteiger charge is 2.30. The molecule has 0 unspecified atom stereocenters. The SMILES string of the molecule is Cc1ccccc1-n1nc(C(=O)NC(C)(C)CCC(=O)O)c2c1CCC2. The largest absolute Gasteiger partial charge is 0.481 e. The number of rotatable bonds is 6. The van der Waals surface area contributed by atoms with Gasteiger partial charge in [0.25, 0.3) is 5.91 Å². The Labute approximate surface area is 153 Å². The molecule has 3 rings (SSSR count). The number of aryl methyl sites for hydroxylation is 1. The third-order valence-corrected chi connectivity index (χ3v) is 4.90. The van der Waals surface area contributed by atoms with Gasteiger partial charge in [0, 0.05) is 23.2 Å². The topological polar surface area (TPSA) is 84.2 Å². The maximum atomic E-state index is 12.9. The molecule has 138 valence electrons. The molecule has 2 N–H and O–H groups in total. The van der Waals surface area contributed by atoms with E-state index in [1.165, 1.54) is 0 Å². The molecule has 2 aromatic rings. The van der Waals surface area contributed by atoms with Gasteiger partial charge in [0.15, 0.2) is 5.69 Å². The normalized spacial score (nSPS) is 13.5. The highest BCUT2D eigenvalue weighted by atomic mass is 16.4. The van der Waals surface area contributed by atoms with Crippen molar-refractivity contribution in [2.75, 3.05) is 0 Å². The second-order valence-corrected chi connectivity index (χ2v) is 7.56. The van der Waals surface area contributed by atoms with Gasteiger partial charge >= 0.3 is 5.97 Å². The molecule has 0 atom stereocenters. The predicted octanol–water partition coefficient (Wildman–Crippen LogP) is 3.04. The van der Waals surface area contributed by atoms with Crippen LogP contribution in [0.15, 0.2) is 24.3 Å². The minimum absolute atomic E-state index is 0.0169. The van der Waals surface area contributed by atoms with E-state index in [-0.39, 0.29) is 12.3 Å². The number of nitrogens with one attached hydrogen (secondary N) is 1. The van der Waals surface area contributed by atoms with E-state index in [0.717, 1.165) is 41.8 Å². The molecule has 6 nitrogen and oxygen atoms in total. The maximum Gasteiger partial charge on any atom is 0.303 e. The van der Waals surface area contributed by atoms with Crippen molar-refractivity contribution in [3.05, 3.63) is 46.8 Å². The summed E-state index contributed by atoms with van der Waals surface area (Å²) in [5.74, 6) is -1.09. The minimum atomic E-state index is -0.864. The molecule has 1 aliphatic rings. The van der Waals surface area contributed by atoms with Crippen molar-refractivity contribution in [1.29, 1.82) is 0 Å². The summed E-state index contributed by atoms with van der Waals surface area (Å²) in [7, 11) is 0. The fourth-order valence-corrected chi connectivity index (χ4v) is 3.47. The molecule has 0 saturated heterocycles. The van der Waals surface area contributed by atoms with E-state index in [2.05, 4.69) is 10.4 Å². The van der Waals surface area contributed by atoms with Gasteiger partial charge in [-0.05, 0) is 58.1 Å². The third kappa shape index (κ3) is 3.64. The second kappa shape index (κ2) is 6.94. The van der Waals surface area contributed by atoms with Crippen LogP contribution in [0.2, 0.25) is 0 Å². The first-order valence-electron chi connectivity index (χ1n) is 8.99. The smallest absolute Gasteiger partial charge is 0.303 e. The summed E-state index contributed by atoms with van der Waals surface area (Å²) < 4.78 is 1.90. The van der Waals surface area contributed by atoms with Crippen LogP contribution in [0.4, 0.5) is 0 Å². The summed E-state index contributed by atoms with van der Waals surface area (Å²) in [4.78, 5) is 23.7. The summed E-state index contributed by atoms with van der Waals surface area (Å²) in [5, 5.41) is 16.5. The standard InChI is InChI=1S/C20H25N3O3/c1-13-7-4-5-9-15(13)23-16-10-6-8-14(16)18(22-23)19(26)21-20(2,3)12-11-17(24)25/h4-5,7,9H,6,8,10-12H2,1-3H3,(H,21,26)(H,24,25). The molecule has 1 aromatic carbocycles. The number of hydrogen-bond donors (Lipinski definition) is 2. The van der Waals surface area contributed by atoms with E-state index in [4.69, 9.17) is 5.11 Å². The van der Waals surface area contributed by atoms with Crippen molar-refractivity contribution in [1.82, 2.24) is 15.1 Å². The van der Waals surface area contributed by atoms with Crippen LogP contribution in [0.5, 0.6) is 0 Å². The van der Waals surface area contributed by atoms with Gasteiger partial charge in [-0.1, -0.05) is 18.2 Å². The number of carbonyl (C=O) groups excluding carboxylic acids is 1. The number of carboxylic acids is 1. The zero-order valence-corrected chi connectivity index (χ0v) is 15.5. The second-order valence-electron chi connectivity index (χ2n) is 7.56. The van der Waals surface area contributed by atoms with Crippen LogP contribution in [0.3, 0.4) is 0 Å². The maximum absolute atomic E-state index is 12.9. The summed E-state index contributed by atoms with van der Waals surface area (Å²) in [6, 6.07) is 8.01. The average molecular weight is 355 g/mol. The predicted molar refractivity (Wildman–Crippen MR) is 98.7 cm³/mol. The molecule has 1 aromatic heterocycles. The fraction of sp³-hybridized carbons (Fsp3) is 0.450. The first kappa shape index (κ1) is 18.2. The lowest BCUT2D eigenvalue weighted by molar-refractivity contribution is -0.137. The zero-order valence-electron chi connectivity index (χ0n) is 15.5. The Hall–Kier alpha value is -2.63. The van der Waals surface area contributed by atoms with Crippen LogP contribution in [-0.4, -0.2) is 32.3 Å². The lowest BCUT2D eigenvalue weighted by Gasteiger charge is -2.25. The van der Waals surface area contributed by atoms with E-state index in [9.17, 15) is 9.59 Å². The number of fused-ring (bicyclic) bond motifs is 1. The Morgan fingerprint density at radius 3 is 2.69 bits per heavy atom. The van der Waals surface area contributed by atoms with Crippen molar-refractivity contribution >= 4 is 11.9 Å². The molecule has 0 spiro atoms. The third-order valence-electron chi connectivity index (χ3n) is 4.90. The van der Waals surface area contributed by atoms with Gasteiger partial charge in [0.1, 0.15) is 0 Å². The van der Waals surface area contributed by atoms with Crippen molar-refractivity contribution in [3.8, 4) is 5.69 Å². The number of carbonyl (C=O) groups is 2. The molecule has 1 amide bonds. The molecular weight excluding hydrogens is 330 g/mol. The Morgan fingerprint density at radius 1 is 1.27 bits per heavy atom. The van der Waals surface area contributed by atoms with Crippen molar-refractivity contribution in [2.45, 2.75) is 58.4 Å². The van der Waals surface area contributed by atoms with Gasteiger partial charge in [-0.2, -0.15) is 5.10 Å². The van der Waals surface area contributed by atoms with E-state index >= 15 is 0 Å². The summed E-state index contributed by atoms with van der Waals surface area (Å²) in [6.07, 6.45) is 3.16. The first-order chi connectivity index (χ1) is 12.3. The monoisotopic (exact) mass is 355 g/mol. The lowest BCUT2D eigenvalue weighted by atomic mass is 9.98. The molecule has 0 radical (unpaired) electrons. The number of benzene rings is 1. The summed E-state index contributed by atoms with van der Waals surface area (Å²) >= 11 is 0. The molecular formula is C20H25N3O3. The van der Waals surface area contributed by atoms with Crippen molar-refractivity contribution in [2.24, 2.45) is 0 Å². The Balaban J connectivity index is 1.89. The molecule has 0 saturated carbocycles. The number of aliphatic carboxylic acids is 1. The van der Waals surface area contributed by atoms with Crippen molar-refractivity contribution in [3.63, 3.8) is 0 Å². The molecule has 0 aliphatic heterocycles. The number of para-hydroxylation sites is 1. The first-order valence-corrected chi connectivity index (χ1v) is 8.99. The number of carboxylic acid groups (broad SMARTS) is 1. The van der Waals surface area contributed by atoms with E-state index in [0.29, 0.717) is 12.1 Å². The molecule has 26 heavy (non-hydrogen) atoms. The summed E-state index contributed by atoms with van der Waals surface area (Å²) in [6.45, 7) is 5.71. The fourth-order valence-electron chi connectivity index (χ4n) is 3.47. The molecule has 1 heterocycles. The van der Waals surface area contributed by atoms with Crippen LogP contribution in [-0.2, 0) is 17.6 Å². The Kier molecular flexibility index (Phi) is 4.85. The minimum Gasteiger partial charge on any atom is -0.481 e. The van der Waals surface area contributed by atoms with E-state index in [1.807, 2.05) is 49.7 Å². The number of amides is 1. The molecule has 0 bridgehead atoms. The van der Waals surface area contributed by atoms with Crippen LogP contribution in [0.25, 0.3) is 5.69 Å². The van der Waals surface area contributed by atoms with Crippen LogP contribution in [0.1, 0.15) is 60.4 Å². The number of nitrogens with zero attached hydrogens (tertiary/aromatic N) is 2. The molecule has 6 heteroatoms. The van der Waals surface area contributed by atoms with Gasteiger partial charge < -0.3 is 10.4 Å². The van der Waals surface area contributed by atoms with E-state index < -0.39 is 11.5 Å². The van der Waals surface area contributed by atoms with Gasteiger partial charge in [-0.15, -0.1) is 0 Å². The van der Waals surface area contributed by atoms with Crippen LogP contribution >= 0.6 is 0 Å². The van der Waals surface area contributed by atoms with Crippen LogP contribution < -0.4 is 5.32 Å². The highest BCUT2D eigenvalue weighted by molar-refractivity contribution is 5.94. The molecule has 0 fully saturated rings. The summed E-state index contributed by atoms with van der Waals surface area (Å²) in [5.41, 5.74) is 4.08. The quantitative estimate of drug-likeness (QED) is 0.834. The van der Waals surface area contributed by atoms with Gasteiger partial charge in [-0.3, -0.25) is 9.59 Å². The lowest BCUT2D eigenvalue weighted by Crippen LogP contribution is -2.44. The number of hydrogen-bond acceptors (Lipinski definition) is 3. The Bertz CT molecular complexity index is 852. The average Bonchev–Trinajstić information content (AvgIpc) is 3.15. The van der Waals surface area contributed by atoms with Gasteiger partial charge in [-0.25, -0.2) is 4.68 Å². The zero-order chi connectivity index (χ0) is 18.9. The molecule has 1 aliphatic carbocycles. The van der Waals surface area contributed by atoms with Crippen molar-refractivity contribution < 1.29 is 14.7 Å². The van der Waals surface area contributed by atoms with Gasteiger partial charge in [0.2, 0.25) is 0 Å². The van der Waals surface area contributed by atoms with E-state index in [1.54, 1.807) is 0 Å². The highest BCUT2D eigenvalue weighted by Crippen LogP contribution is 2.29. The number of aromatic nitrogens is 2.